The van der Waals surface area contributed by atoms with Crippen molar-refractivity contribution in [1.82, 2.24) is 5.32 Å². The van der Waals surface area contributed by atoms with Gasteiger partial charge in [0.15, 0.2) is 0 Å². The lowest BCUT2D eigenvalue weighted by molar-refractivity contribution is -0.124. The Morgan fingerprint density at radius 1 is 1.44 bits per heavy atom. The second kappa shape index (κ2) is 5.92. The van der Waals surface area contributed by atoms with Gasteiger partial charge in [-0.25, -0.2) is 0 Å². The topological polar surface area (TPSA) is 52.9 Å². The number of amides is 1. The van der Waals surface area contributed by atoms with Gasteiger partial charge in [0, 0.05) is 0 Å². The van der Waals surface area contributed by atoms with Gasteiger partial charge >= 0.3 is 0 Å². The highest BCUT2D eigenvalue weighted by Gasteiger charge is 2.17. The van der Waals surface area contributed by atoms with Crippen molar-refractivity contribution in [1.29, 1.82) is 5.26 Å². The fraction of sp³-hybridized carbons (Fsp3) is 0.385. The maximum atomic E-state index is 11.7. The molecule has 0 aromatic heterocycles. The lowest BCUT2D eigenvalue weighted by atomic mass is 10.1. The SMILES string of the molecule is CC[C@@H](C#N)C(=O)N[C@H](C)c1ccccc1. The predicted octanol–water partition coefficient (Wildman–Crippen LogP) is 2.41. The molecule has 3 heteroatoms. The minimum Gasteiger partial charge on any atom is -0.348 e. The highest BCUT2D eigenvalue weighted by molar-refractivity contribution is 5.81. The summed E-state index contributed by atoms with van der Waals surface area (Å²) in [7, 11) is 0. The molecule has 1 aromatic rings. The molecule has 0 aliphatic heterocycles. The van der Waals surface area contributed by atoms with E-state index >= 15 is 0 Å². The molecule has 0 saturated heterocycles. The molecule has 0 unspecified atom stereocenters. The van der Waals surface area contributed by atoms with Gasteiger partial charge < -0.3 is 5.32 Å². The van der Waals surface area contributed by atoms with E-state index in [4.69, 9.17) is 5.26 Å². The third-order valence-electron chi connectivity index (χ3n) is 2.54. The average Bonchev–Trinajstić information content (AvgIpc) is 2.31. The summed E-state index contributed by atoms with van der Waals surface area (Å²) in [6.07, 6.45) is 0.545. The molecule has 3 nitrogen and oxygen atoms in total. The third-order valence-corrected chi connectivity index (χ3v) is 2.54. The molecule has 0 heterocycles. The van der Waals surface area contributed by atoms with E-state index in [0.717, 1.165) is 5.56 Å². The van der Waals surface area contributed by atoms with Gasteiger partial charge in [0.05, 0.1) is 12.1 Å². The number of nitrogens with one attached hydrogen (secondary N) is 1. The predicted molar refractivity (Wildman–Crippen MR) is 62.4 cm³/mol. The molecule has 0 radical (unpaired) electrons. The van der Waals surface area contributed by atoms with Crippen LogP contribution in [-0.2, 0) is 4.79 Å². The summed E-state index contributed by atoms with van der Waals surface area (Å²) in [6, 6.07) is 11.6. The van der Waals surface area contributed by atoms with Gasteiger partial charge in [-0.3, -0.25) is 4.79 Å². The molecule has 0 spiro atoms. The molecule has 2 atom stereocenters. The molecule has 0 fully saturated rings. The van der Waals surface area contributed by atoms with Crippen LogP contribution < -0.4 is 5.32 Å². The zero-order valence-corrected chi connectivity index (χ0v) is 9.60. The van der Waals surface area contributed by atoms with E-state index in [-0.39, 0.29) is 11.9 Å². The highest BCUT2D eigenvalue weighted by Crippen LogP contribution is 2.12. The Morgan fingerprint density at radius 2 is 2.06 bits per heavy atom. The van der Waals surface area contributed by atoms with Gasteiger partial charge in [-0.05, 0) is 18.9 Å². The number of benzene rings is 1. The van der Waals surface area contributed by atoms with Crippen molar-refractivity contribution in [2.75, 3.05) is 0 Å². The van der Waals surface area contributed by atoms with Crippen LogP contribution in [0, 0.1) is 17.2 Å². The van der Waals surface area contributed by atoms with Crippen LogP contribution in [0.25, 0.3) is 0 Å². The summed E-state index contributed by atoms with van der Waals surface area (Å²) >= 11 is 0. The largest absolute Gasteiger partial charge is 0.348 e. The van der Waals surface area contributed by atoms with Gasteiger partial charge in [0.1, 0.15) is 5.92 Å². The molecule has 0 aliphatic carbocycles. The Morgan fingerprint density at radius 3 is 2.56 bits per heavy atom. The van der Waals surface area contributed by atoms with Crippen molar-refractivity contribution >= 4 is 5.91 Å². The van der Waals surface area contributed by atoms with E-state index in [0.29, 0.717) is 6.42 Å². The number of hydrogen-bond donors (Lipinski definition) is 1. The Balaban J connectivity index is 2.62. The van der Waals surface area contributed by atoms with Crippen LogP contribution in [-0.4, -0.2) is 5.91 Å². The van der Waals surface area contributed by atoms with E-state index in [1.807, 2.05) is 50.2 Å². The number of rotatable bonds is 4. The van der Waals surface area contributed by atoms with Crippen LogP contribution in [0.4, 0.5) is 0 Å². The standard InChI is InChI=1S/C13H16N2O/c1-3-11(9-14)13(16)15-10(2)12-7-5-4-6-8-12/h4-8,10-11H,3H2,1-2H3,(H,15,16)/t10-,11+/m1/s1. The summed E-state index contributed by atoms with van der Waals surface area (Å²) in [5.74, 6) is -0.743. The van der Waals surface area contributed by atoms with Gasteiger partial charge in [0.2, 0.25) is 5.91 Å². The molecule has 1 aromatic carbocycles. The van der Waals surface area contributed by atoms with Crippen LogP contribution >= 0.6 is 0 Å². The zero-order valence-electron chi connectivity index (χ0n) is 9.60. The molecule has 1 rings (SSSR count). The van der Waals surface area contributed by atoms with Crippen LogP contribution in [0.2, 0.25) is 0 Å². The number of carbonyl (C=O) groups excluding carboxylic acids is 1. The van der Waals surface area contributed by atoms with Gasteiger partial charge in [0.25, 0.3) is 0 Å². The fourth-order valence-electron chi connectivity index (χ4n) is 1.47. The second-order valence-corrected chi connectivity index (χ2v) is 3.73. The van der Waals surface area contributed by atoms with Crippen molar-refractivity contribution < 1.29 is 4.79 Å². The smallest absolute Gasteiger partial charge is 0.237 e. The van der Waals surface area contributed by atoms with Crippen molar-refractivity contribution in [3.63, 3.8) is 0 Å². The second-order valence-electron chi connectivity index (χ2n) is 3.73. The Kier molecular flexibility index (Phi) is 4.53. The molecular weight excluding hydrogens is 200 g/mol. The molecule has 0 aliphatic rings. The number of nitrogens with zero attached hydrogens (tertiary/aromatic N) is 1. The first-order valence-corrected chi connectivity index (χ1v) is 5.44. The quantitative estimate of drug-likeness (QED) is 0.840. The molecular formula is C13H16N2O. The Labute approximate surface area is 96.1 Å². The van der Waals surface area contributed by atoms with Gasteiger partial charge in [-0.2, -0.15) is 5.26 Å². The summed E-state index contributed by atoms with van der Waals surface area (Å²) in [5, 5.41) is 11.6. The monoisotopic (exact) mass is 216 g/mol. The third kappa shape index (κ3) is 3.09. The number of nitriles is 1. The maximum Gasteiger partial charge on any atom is 0.237 e. The lowest BCUT2D eigenvalue weighted by Crippen LogP contribution is -2.31. The molecule has 0 bridgehead atoms. The van der Waals surface area contributed by atoms with Crippen LogP contribution in [0.5, 0.6) is 0 Å². The van der Waals surface area contributed by atoms with E-state index in [2.05, 4.69) is 5.32 Å². The summed E-state index contributed by atoms with van der Waals surface area (Å²) in [6.45, 7) is 3.75. The molecule has 84 valence electrons. The van der Waals surface area contributed by atoms with Gasteiger partial charge in [-0.15, -0.1) is 0 Å². The van der Waals surface area contributed by atoms with E-state index < -0.39 is 5.92 Å². The first-order valence-electron chi connectivity index (χ1n) is 5.44. The van der Waals surface area contributed by atoms with Crippen molar-refractivity contribution in [3.05, 3.63) is 35.9 Å². The van der Waals surface area contributed by atoms with E-state index in [9.17, 15) is 4.79 Å². The number of carbonyl (C=O) groups is 1. The summed E-state index contributed by atoms with van der Waals surface area (Å²) in [5.41, 5.74) is 1.05. The lowest BCUT2D eigenvalue weighted by Gasteiger charge is -2.15. The summed E-state index contributed by atoms with van der Waals surface area (Å²) < 4.78 is 0. The fourth-order valence-corrected chi connectivity index (χ4v) is 1.47. The van der Waals surface area contributed by atoms with Crippen LogP contribution in [0.1, 0.15) is 31.9 Å². The Hall–Kier alpha value is -1.82. The van der Waals surface area contributed by atoms with E-state index in [1.54, 1.807) is 0 Å². The van der Waals surface area contributed by atoms with Crippen LogP contribution in [0.3, 0.4) is 0 Å². The number of hydrogen-bond acceptors (Lipinski definition) is 2. The Bertz CT molecular complexity index is 381. The van der Waals surface area contributed by atoms with Crippen molar-refractivity contribution in [3.8, 4) is 6.07 Å². The maximum absolute atomic E-state index is 11.7. The molecule has 0 saturated carbocycles. The van der Waals surface area contributed by atoms with Crippen molar-refractivity contribution in [2.45, 2.75) is 26.3 Å². The van der Waals surface area contributed by atoms with Gasteiger partial charge in [-0.1, -0.05) is 37.3 Å². The molecule has 1 N–H and O–H groups in total. The minimum absolute atomic E-state index is 0.0592. The van der Waals surface area contributed by atoms with Crippen LogP contribution in [0.15, 0.2) is 30.3 Å². The molecule has 16 heavy (non-hydrogen) atoms. The zero-order chi connectivity index (χ0) is 12.0. The molecule has 1 amide bonds. The average molecular weight is 216 g/mol. The first kappa shape index (κ1) is 12.3. The normalized spacial score (nSPS) is 13.6. The van der Waals surface area contributed by atoms with E-state index in [1.165, 1.54) is 0 Å². The summed E-state index contributed by atoms with van der Waals surface area (Å²) in [4.78, 5) is 11.7. The first-order chi connectivity index (χ1) is 7.69. The highest BCUT2D eigenvalue weighted by atomic mass is 16.1. The van der Waals surface area contributed by atoms with Crippen molar-refractivity contribution in [2.24, 2.45) is 5.92 Å². The minimum atomic E-state index is -0.550.